The van der Waals surface area contributed by atoms with Crippen molar-refractivity contribution in [3.05, 3.63) is 42.0 Å². The fraction of sp³-hybridized carbons (Fsp3) is 0.375. The van der Waals surface area contributed by atoms with Gasteiger partial charge in [-0.25, -0.2) is 0 Å². The van der Waals surface area contributed by atoms with E-state index in [9.17, 15) is 0 Å². The van der Waals surface area contributed by atoms with Gasteiger partial charge in [-0.1, -0.05) is 0 Å². The number of hydrogen-bond acceptors (Lipinski definition) is 0. The fourth-order valence-corrected chi connectivity index (χ4v) is 7.40. The van der Waals surface area contributed by atoms with Crippen LogP contribution < -0.4 is 3.58 Å². The van der Waals surface area contributed by atoms with Crippen molar-refractivity contribution in [2.45, 2.75) is 33.6 Å². The van der Waals surface area contributed by atoms with E-state index in [-0.39, 0.29) is 0 Å². The summed E-state index contributed by atoms with van der Waals surface area (Å²) in [5, 5.41) is 3.07. The molecule has 0 atom stereocenters. The van der Waals surface area contributed by atoms with Gasteiger partial charge in [0.1, 0.15) is 0 Å². The van der Waals surface area contributed by atoms with Crippen LogP contribution in [0.5, 0.6) is 0 Å². The van der Waals surface area contributed by atoms with Crippen molar-refractivity contribution in [3.8, 4) is 0 Å². The number of hydrogen-bond donors (Lipinski definition) is 0. The fourth-order valence-electron chi connectivity index (χ4n) is 2.73. The molecule has 2 aromatic carbocycles. The molecule has 0 nitrogen and oxygen atoms in total. The van der Waals surface area contributed by atoms with Crippen molar-refractivity contribution >= 4 is 32.7 Å². The molecule has 1 aliphatic rings. The standard InChI is InChI=1S/C13H11.3CH3.Sn/c1-2-6-12-10(4-1)5-3-7-13(12)11-8-9-11;;;;/h1-5,7,11H,8-9H2;3*1H3;. The van der Waals surface area contributed by atoms with Gasteiger partial charge in [0.05, 0.1) is 0 Å². The number of fused-ring (bicyclic) bond motifs is 1. The zero-order valence-corrected chi connectivity index (χ0v) is 13.8. The third kappa shape index (κ3) is 2.12. The second-order valence-electron chi connectivity index (χ2n) is 6.28. The average Bonchev–Trinajstić information content (AvgIpc) is 3.10. The van der Waals surface area contributed by atoms with Crippen molar-refractivity contribution in [3.63, 3.8) is 0 Å². The molecule has 0 saturated heterocycles. The van der Waals surface area contributed by atoms with Crippen LogP contribution in [0.3, 0.4) is 0 Å². The van der Waals surface area contributed by atoms with Gasteiger partial charge < -0.3 is 0 Å². The molecule has 2 aromatic rings. The van der Waals surface area contributed by atoms with Crippen LogP contribution in [0.4, 0.5) is 0 Å². The Morgan fingerprint density at radius 1 is 0.941 bits per heavy atom. The van der Waals surface area contributed by atoms with Crippen LogP contribution in [0.1, 0.15) is 24.3 Å². The van der Waals surface area contributed by atoms with E-state index in [4.69, 9.17) is 0 Å². The summed E-state index contributed by atoms with van der Waals surface area (Å²) in [6.45, 7) is 0. The van der Waals surface area contributed by atoms with Gasteiger partial charge in [0.2, 0.25) is 0 Å². The summed E-state index contributed by atoms with van der Waals surface area (Å²) in [6, 6.07) is 13.8. The van der Waals surface area contributed by atoms with Crippen LogP contribution in [-0.2, 0) is 0 Å². The molecule has 0 spiro atoms. The molecule has 0 unspecified atom stereocenters. The van der Waals surface area contributed by atoms with Gasteiger partial charge in [0.15, 0.2) is 0 Å². The average molecular weight is 331 g/mol. The Morgan fingerprint density at radius 2 is 1.59 bits per heavy atom. The van der Waals surface area contributed by atoms with E-state index in [1.165, 1.54) is 18.2 Å². The SMILES string of the molecule is [CH3][Sn]([CH3])([CH3])[c]1cccc2cccc(C3CC3)c12. The van der Waals surface area contributed by atoms with Crippen LogP contribution in [0.25, 0.3) is 10.8 Å². The van der Waals surface area contributed by atoms with Gasteiger partial charge in [0, 0.05) is 0 Å². The minimum atomic E-state index is -2.00. The van der Waals surface area contributed by atoms with Crippen molar-refractivity contribution in [1.82, 2.24) is 0 Å². The molecule has 0 bridgehead atoms. The molecule has 88 valence electrons. The van der Waals surface area contributed by atoms with Crippen molar-refractivity contribution in [2.24, 2.45) is 0 Å². The predicted octanol–water partition coefficient (Wildman–Crippen LogP) is 4.26. The van der Waals surface area contributed by atoms with Gasteiger partial charge in [-0.3, -0.25) is 0 Å². The summed E-state index contributed by atoms with van der Waals surface area (Å²) >= 11 is -2.00. The van der Waals surface area contributed by atoms with Crippen LogP contribution in [0.15, 0.2) is 36.4 Å². The molecule has 0 aromatic heterocycles. The Hall–Kier alpha value is -0.501. The molecule has 0 heterocycles. The quantitative estimate of drug-likeness (QED) is 0.722. The number of benzene rings is 2. The van der Waals surface area contributed by atoms with E-state index < -0.39 is 18.4 Å². The molecular weight excluding hydrogens is 311 g/mol. The molecule has 1 heteroatoms. The molecule has 1 aliphatic carbocycles. The van der Waals surface area contributed by atoms with E-state index in [0.717, 1.165) is 5.92 Å². The first-order valence-electron chi connectivity index (χ1n) is 6.59. The molecule has 3 rings (SSSR count). The van der Waals surface area contributed by atoms with Gasteiger partial charge >= 0.3 is 108 Å². The summed E-state index contributed by atoms with van der Waals surface area (Å²) in [6.07, 6.45) is 2.79. The Morgan fingerprint density at radius 3 is 2.18 bits per heavy atom. The zero-order chi connectivity index (χ0) is 12.0. The van der Waals surface area contributed by atoms with Gasteiger partial charge in [0.25, 0.3) is 0 Å². The first-order chi connectivity index (χ1) is 8.07. The van der Waals surface area contributed by atoms with Gasteiger partial charge in [-0.05, 0) is 0 Å². The molecule has 1 saturated carbocycles. The minimum absolute atomic E-state index is 0.855. The van der Waals surface area contributed by atoms with E-state index in [2.05, 4.69) is 51.2 Å². The van der Waals surface area contributed by atoms with Gasteiger partial charge in [-0.2, -0.15) is 0 Å². The molecule has 0 N–H and O–H groups in total. The Bertz CT molecular complexity index is 554. The molecule has 0 radical (unpaired) electrons. The number of rotatable bonds is 2. The first kappa shape index (κ1) is 11.6. The van der Waals surface area contributed by atoms with Crippen LogP contribution in [-0.4, -0.2) is 18.4 Å². The molecule has 0 aliphatic heterocycles. The Labute approximate surface area is 108 Å². The predicted molar refractivity (Wildman–Crippen MR) is 78.9 cm³/mol. The Kier molecular flexibility index (Phi) is 2.73. The first-order valence-corrected chi connectivity index (χ1v) is 16.6. The molecular formula is C16H20Sn. The van der Waals surface area contributed by atoms with E-state index >= 15 is 0 Å². The van der Waals surface area contributed by atoms with Crippen LogP contribution in [0, 0.1) is 0 Å². The van der Waals surface area contributed by atoms with Gasteiger partial charge in [-0.15, -0.1) is 0 Å². The summed E-state index contributed by atoms with van der Waals surface area (Å²) in [5.41, 5.74) is 1.63. The van der Waals surface area contributed by atoms with E-state index in [1.54, 1.807) is 14.5 Å². The molecule has 17 heavy (non-hydrogen) atoms. The summed E-state index contributed by atoms with van der Waals surface area (Å²) in [4.78, 5) is 7.56. The van der Waals surface area contributed by atoms with E-state index in [0.29, 0.717) is 0 Å². The molecule has 0 amide bonds. The third-order valence-corrected chi connectivity index (χ3v) is 9.56. The van der Waals surface area contributed by atoms with Crippen molar-refractivity contribution in [2.75, 3.05) is 0 Å². The van der Waals surface area contributed by atoms with Crippen molar-refractivity contribution < 1.29 is 0 Å². The van der Waals surface area contributed by atoms with Crippen LogP contribution >= 0.6 is 0 Å². The normalized spacial score (nSPS) is 16.4. The van der Waals surface area contributed by atoms with Crippen molar-refractivity contribution in [1.29, 1.82) is 0 Å². The Balaban J connectivity index is 2.35. The summed E-state index contributed by atoms with van der Waals surface area (Å²) in [7, 11) is 0. The zero-order valence-electron chi connectivity index (χ0n) is 11.0. The van der Waals surface area contributed by atoms with E-state index in [1.807, 2.05) is 0 Å². The third-order valence-electron chi connectivity index (χ3n) is 3.76. The molecule has 1 fully saturated rings. The second-order valence-corrected chi connectivity index (χ2v) is 20.7. The maximum atomic E-state index is 2.52. The monoisotopic (exact) mass is 332 g/mol. The topological polar surface area (TPSA) is 0 Å². The second kappa shape index (κ2) is 4.01. The maximum absolute atomic E-state index is 2.52. The summed E-state index contributed by atoms with van der Waals surface area (Å²) < 4.78 is 1.71. The summed E-state index contributed by atoms with van der Waals surface area (Å²) in [5.74, 6) is 0.855. The van der Waals surface area contributed by atoms with Crippen LogP contribution in [0.2, 0.25) is 14.8 Å².